The van der Waals surface area contributed by atoms with E-state index in [0.29, 0.717) is 18.8 Å². The van der Waals surface area contributed by atoms with Crippen molar-refractivity contribution in [3.05, 3.63) is 107 Å². The molecule has 0 radical (unpaired) electrons. The zero-order valence-corrected chi connectivity index (χ0v) is 17.6. The lowest BCUT2D eigenvalue weighted by molar-refractivity contribution is 0.0952. The Morgan fingerprint density at radius 3 is 2.68 bits per heavy atom. The molecule has 4 heteroatoms. The Balaban J connectivity index is 1.34. The third-order valence-corrected chi connectivity index (χ3v) is 5.64. The van der Waals surface area contributed by atoms with Crippen LogP contribution >= 0.6 is 0 Å². The summed E-state index contributed by atoms with van der Waals surface area (Å²) in [7, 11) is 0. The summed E-state index contributed by atoms with van der Waals surface area (Å²) < 4.78 is 0. The second kappa shape index (κ2) is 10.1. The lowest BCUT2D eigenvalue weighted by Crippen LogP contribution is -2.31. The summed E-state index contributed by atoms with van der Waals surface area (Å²) in [4.78, 5) is 15.1. The van der Waals surface area contributed by atoms with Crippen molar-refractivity contribution in [1.82, 2.24) is 10.2 Å². The number of nitrogens with zero attached hydrogens (tertiary/aromatic N) is 1. The Hall–Kier alpha value is -3.37. The Morgan fingerprint density at radius 2 is 1.81 bits per heavy atom. The Morgan fingerprint density at radius 1 is 1.00 bits per heavy atom. The van der Waals surface area contributed by atoms with Crippen molar-refractivity contribution in [1.29, 1.82) is 0 Å². The normalized spacial score (nSPS) is 13.8. The Labute approximate surface area is 183 Å². The van der Waals surface area contributed by atoms with E-state index in [0.717, 1.165) is 42.6 Å². The van der Waals surface area contributed by atoms with Gasteiger partial charge in [-0.15, -0.1) is 0 Å². The molecule has 1 heterocycles. The maximum atomic E-state index is 12.8. The van der Waals surface area contributed by atoms with Gasteiger partial charge in [0, 0.05) is 31.7 Å². The molecule has 1 amide bonds. The number of carbonyl (C=O) groups is 1. The molecule has 0 aliphatic carbocycles. The fourth-order valence-electron chi connectivity index (χ4n) is 4.01. The molecule has 158 valence electrons. The SMILES string of the molecule is O=C(NCCC=Cc1ccccc1)c1ccccc1CN1CCc2ccc(O)cc2C1. The lowest BCUT2D eigenvalue weighted by atomic mass is 9.98. The number of phenolic OH excluding ortho intramolecular Hbond substituents is 1. The molecule has 2 N–H and O–H groups in total. The molecule has 0 aromatic heterocycles. The number of rotatable bonds is 7. The second-order valence-electron chi connectivity index (χ2n) is 7.93. The topological polar surface area (TPSA) is 52.6 Å². The van der Waals surface area contributed by atoms with Crippen LogP contribution in [-0.4, -0.2) is 29.0 Å². The van der Waals surface area contributed by atoms with Gasteiger partial charge in [-0.2, -0.15) is 0 Å². The van der Waals surface area contributed by atoms with Crippen LogP contribution in [0.4, 0.5) is 0 Å². The molecule has 0 spiro atoms. The molecule has 1 aliphatic rings. The van der Waals surface area contributed by atoms with Crippen molar-refractivity contribution in [3.63, 3.8) is 0 Å². The largest absolute Gasteiger partial charge is 0.508 e. The molecule has 31 heavy (non-hydrogen) atoms. The number of aromatic hydroxyl groups is 1. The van der Waals surface area contributed by atoms with E-state index in [9.17, 15) is 9.90 Å². The molecule has 4 rings (SSSR count). The number of fused-ring (bicyclic) bond motifs is 1. The Bertz CT molecular complexity index is 1060. The molecule has 0 saturated heterocycles. The van der Waals surface area contributed by atoms with E-state index >= 15 is 0 Å². The maximum Gasteiger partial charge on any atom is 0.251 e. The van der Waals surface area contributed by atoms with E-state index in [-0.39, 0.29) is 5.91 Å². The number of amides is 1. The molecule has 3 aromatic rings. The van der Waals surface area contributed by atoms with Crippen LogP contribution in [0, 0.1) is 0 Å². The van der Waals surface area contributed by atoms with Gasteiger partial charge in [-0.1, -0.05) is 66.7 Å². The molecule has 0 atom stereocenters. The van der Waals surface area contributed by atoms with Crippen LogP contribution < -0.4 is 5.32 Å². The molecule has 3 aromatic carbocycles. The molecule has 0 bridgehead atoms. The molecular weight excluding hydrogens is 384 g/mol. The van der Waals surface area contributed by atoms with Crippen LogP contribution in [-0.2, 0) is 19.5 Å². The minimum absolute atomic E-state index is 0.0289. The van der Waals surface area contributed by atoms with E-state index in [4.69, 9.17) is 0 Å². The summed E-state index contributed by atoms with van der Waals surface area (Å²) in [5.41, 5.74) is 5.39. The average molecular weight is 413 g/mol. The fraction of sp³-hybridized carbons (Fsp3) is 0.222. The summed E-state index contributed by atoms with van der Waals surface area (Å²) in [5, 5.41) is 12.8. The van der Waals surface area contributed by atoms with E-state index in [2.05, 4.69) is 34.5 Å². The van der Waals surface area contributed by atoms with E-state index in [1.807, 2.05) is 54.6 Å². The average Bonchev–Trinajstić information content (AvgIpc) is 2.79. The quantitative estimate of drug-likeness (QED) is 0.549. The second-order valence-corrected chi connectivity index (χ2v) is 7.93. The highest BCUT2D eigenvalue weighted by Crippen LogP contribution is 2.24. The molecule has 0 saturated carbocycles. The van der Waals surface area contributed by atoms with Gasteiger partial charge in [-0.05, 0) is 53.3 Å². The molecular formula is C27H28N2O2. The third-order valence-electron chi connectivity index (χ3n) is 5.64. The van der Waals surface area contributed by atoms with Crippen molar-refractivity contribution in [2.24, 2.45) is 0 Å². The maximum absolute atomic E-state index is 12.8. The smallest absolute Gasteiger partial charge is 0.251 e. The first-order chi connectivity index (χ1) is 15.2. The minimum Gasteiger partial charge on any atom is -0.508 e. The highest BCUT2D eigenvalue weighted by atomic mass is 16.3. The zero-order chi connectivity index (χ0) is 21.5. The van der Waals surface area contributed by atoms with Crippen molar-refractivity contribution < 1.29 is 9.90 Å². The van der Waals surface area contributed by atoms with Gasteiger partial charge in [0.1, 0.15) is 5.75 Å². The minimum atomic E-state index is -0.0289. The first kappa shape index (κ1) is 20.9. The van der Waals surface area contributed by atoms with Gasteiger partial charge in [0.05, 0.1) is 0 Å². The standard InChI is InChI=1S/C27H28N2O2/c30-25-14-13-22-15-17-29(20-24(22)18-25)19-23-11-4-5-12-26(23)27(31)28-16-7-6-10-21-8-2-1-3-9-21/h1-6,8-14,18,30H,7,15-17,19-20H2,(H,28,31). The first-order valence-electron chi connectivity index (χ1n) is 10.8. The van der Waals surface area contributed by atoms with Crippen LogP contribution in [0.15, 0.2) is 78.9 Å². The summed E-state index contributed by atoms with van der Waals surface area (Å²) in [6.45, 7) is 3.04. The number of hydrogen-bond acceptors (Lipinski definition) is 3. The summed E-state index contributed by atoms with van der Waals surface area (Å²) in [6.07, 6.45) is 5.90. The highest BCUT2D eigenvalue weighted by Gasteiger charge is 2.19. The number of phenols is 1. The lowest BCUT2D eigenvalue weighted by Gasteiger charge is -2.29. The van der Waals surface area contributed by atoms with Gasteiger partial charge in [0.2, 0.25) is 0 Å². The van der Waals surface area contributed by atoms with Crippen LogP contribution in [0.1, 0.15) is 39.0 Å². The van der Waals surface area contributed by atoms with Gasteiger partial charge in [0.25, 0.3) is 5.91 Å². The predicted octanol–water partition coefficient (Wildman–Crippen LogP) is 4.78. The number of carbonyl (C=O) groups excluding carboxylic acids is 1. The fourth-order valence-corrected chi connectivity index (χ4v) is 4.01. The van der Waals surface area contributed by atoms with Gasteiger partial charge in [-0.25, -0.2) is 0 Å². The molecule has 4 nitrogen and oxygen atoms in total. The van der Waals surface area contributed by atoms with Crippen LogP contribution in [0.5, 0.6) is 5.75 Å². The van der Waals surface area contributed by atoms with Crippen LogP contribution in [0.25, 0.3) is 6.08 Å². The van der Waals surface area contributed by atoms with Crippen molar-refractivity contribution >= 4 is 12.0 Å². The van der Waals surface area contributed by atoms with E-state index < -0.39 is 0 Å². The van der Waals surface area contributed by atoms with E-state index in [1.165, 1.54) is 11.1 Å². The third kappa shape index (κ3) is 5.62. The van der Waals surface area contributed by atoms with E-state index in [1.54, 1.807) is 6.07 Å². The molecule has 0 fully saturated rings. The van der Waals surface area contributed by atoms with Crippen molar-refractivity contribution in [2.45, 2.75) is 25.9 Å². The molecule has 0 unspecified atom stereocenters. The zero-order valence-electron chi connectivity index (χ0n) is 17.6. The van der Waals surface area contributed by atoms with Crippen molar-refractivity contribution in [2.75, 3.05) is 13.1 Å². The molecule has 1 aliphatic heterocycles. The predicted molar refractivity (Wildman–Crippen MR) is 125 cm³/mol. The summed E-state index contributed by atoms with van der Waals surface area (Å²) in [6, 6.07) is 23.6. The first-order valence-corrected chi connectivity index (χ1v) is 10.8. The van der Waals surface area contributed by atoms with Gasteiger partial charge in [-0.3, -0.25) is 9.69 Å². The summed E-state index contributed by atoms with van der Waals surface area (Å²) in [5.74, 6) is 0.278. The van der Waals surface area contributed by atoms with Crippen LogP contribution in [0.2, 0.25) is 0 Å². The number of hydrogen-bond donors (Lipinski definition) is 2. The van der Waals surface area contributed by atoms with Crippen LogP contribution in [0.3, 0.4) is 0 Å². The summed E-state index contributed by atoms with van der Waals surface area (Å²) >= 11 is 0. The van der Waals surface area contributed by atoms with Crippen molar-refractivity contribution in [3.8, 4) is 5.75 Å². The number of nitrogens with one attached hydrogen (secondary N) is 1. The van der Waals surface area contributed by atoms with Gasteiger partial charge >= 0.3 is 0 Å². The monoisotopic (exact) mass is 412 g/mol. The van der Waals surface area contributed by atoms with Gasteiger partial charge in [0.15, 0.2) is 0 Å². The highest BCUT2D eigenvalue weighted by molar-refractivity contribution is 5.95. The Kier molecular flexibility index (Phi) is 6.80. The number of benzene rings is 3. The van der Waals surface area contributed by atoms with Gasteiger partial charge < -0.3 is 10.4 Å².